The Balaban J connectivity index is 2.40. The van der Waals surface area contributed by atoms with Crippen LogP contribution < -0.4 is 5.32 Å². The second-order valence-corrected chi connectivity index (χ2v) is 6.87. The van der Waals surface area contributed by atoms with Gasteiger partial charge >= 0.3 is 0 Å². The van der Waals surface area contributed by atoms with Crippen molar-refractivity contribution < 1.29 is 13.5 Å². The van der Waals surface area contributed by atoms with E-state index in [1.54, 1.807) is 18.3 Å². The Morgan fingerprint density at radius 1 is 1.55 bits per heavy atom. The van der Waals surface area contributed by atoms with Crippen molar-refractivity contribution in [3.63, 3.8) is 0 Å². The van der Waals surface area contributed by atoms with Gasteiger partial charge in [0.25, 0.3) is 0 Å². The van der Waals surface area contributed by atoms with E-state index < -0.39 is 10.0 Å². The summed E-state index contributed by atoms with van der Waals surface area (Å²) < 4.78 is 27.0. The van der Waals surface area contributed by atoms with Gasteiger partial charge in [-0.25, -0.2) is 13.4 Å². The van der Waals surface area contributed by atoms with E-state index >= 15 is 0 Å². The first-order valence-electron chi connectivity index (χ1n) is 6.84. The van der Waals surface area contributed by atoms with Gasteiger partial charge in [0.2, 0.25) is 10.0 Å². The molecule has 0 aromatic carbocycles. The minimum Gasteiger partial charge on any atom is -0.395 e. The molecular formula is C13H21N3O3S. The first kappa shape index (κ1) is 15.2. The molecule has 1 aliphatic rings. The fraction of sp³-hybridized carbons (Fsp3) is 0.615. The molecule has 0 saturated carbocycles. The second kappa shape index (κ2) is 6.07. The van der Waals surface area contributed by atoms with Gasteiger partial charge in [-0.2, -0.15) is 4.31 Å². The van der Waals surface area contributed by atoms with E-state index in [1.165, 1.54) is 4.31 Å². The monoisotopic (exact) mass is 299 g/mol. The zero-order chi connectivity index (χ0) is 14.8. The van der Waals surface area contributed by atoms with Crippen LogP contribution in [-0.2, 0) is 10.0 Å². The van der Waals surface area contributed by atoms with Crippen LogP contribution in [0.5, 0.6) is 0 Å². The van der Waals surface area contributed by atoms with Crippen molar-refractivity contribution in [2.24, 2.45) is 5.92 Å². The highest BCUT2D eigenvalue weighted by Gasteiger charge is 2.40. The summed E-state index contributed by atoms with van der Waals surface area (Å²) in [6.45, 7) is 4.73. The maximum Gasteiger partial charge on any atom is 0.247 e. The number of nitrogens with zero attached hydrogens (tertiary/aromatic N) is 2. The van der Waals surface area contributed by atoms with E-state index in [0.29, 0.717) is 18.9 Å². The number of hydrogen-bond donors (Lipinski definition) is 2. The molecule has 0 aliphatic carbocycles. The van der Waals surface area contributed by atoms with Gasteiger partial charge in [-0.1, -0.05) is 6.92 Å². The molecule has 2 unspecified atom stereocenters. The van der Waals surface area contributed by atoms with Gasteiger partial charge in [0.05, 0.1) is 12.6 Å². The lowest BCUT2D eigenvalue weighted by Crippen LogP contribution is -2.40. The number of hydrogen-bond acceptors (Lipinski definition) is 5. The summed E-state index contributed by atoms with van der Waals surface area (Å²) in [5.74, 6) is 0.528. The Morgan fingerprint density at radius 2 is 2.30 bits per heavy atom. The summed E-state index contributed by atoms with van der Waals surface area (Å²) >= 11 is 0. The van der Waals surface area contributed by atoms with E-state index in [9.17, 15) is 13.5 Å². The van der Waals surface area contributed by atoms with E-state index in [0.717, 1.165) is 6.42 Å². The average Bonchev–Trinajstić information content (AvgIpc) is 2.81. The van der Waals surface area contributed by atoms with E-state index in [4.69, 9.17) is 0 Å². The Kier molecular flexibility index (Phi) is 4.62. The summed E-state index contributed by atoms with van der Waals surface area (Å²) in [4.78, 5) is 4.27. The van der Waals surface area contributed by atoms with Gasteiger partial charge in [0, 0.05) is 19.3 Å². The minimum absolute atomic E-state index is 0.156. The molecule has 112 valence electrons. The van der Waals surface area contributed by atoms with Crippen LogP contribution in [-0.4, -0.2) is 48.6 Å². The molecule has 1 fully saturated rings. The molecule has 0 amide bonds. The molecule has 1 aromatic rings. The predicted octanol–water partition coefficient (Wildman–Crippen LogP) is 0.905. The van der Waals surface area contributed by atoms with Gasteiger partial charge in [-0.05, 0) is 31.4 Å². The fourth-order valence-electron chi connectivity index (χ4n) is 2.57. The molecule has 20 heavy (non-hydrogen) atoms. The molecule has 0 radical (unpaired) electrons. The highest BCUT2D eigenvalue weighted by molar-refractivity contribution is 7.89. The molecule has 7 heteroatoms. The van der Waals surface area contributed by atoms with Crippen molar-refractivity contribution >= 4 is 15.8 Å². The number of anilines is 1. The molecule has 1 saturated heterocycles. The minimum atomic E-state index is -3.64. The van der Waals surface area contributed by atoms with E-state index in [2.05, 4.69) is 10.3 Å². The van der Waals surface area contributed by atoms with Crippen molar-refractivity contribution in [2.45, 2.75) is 31.2 Å². The molecule has 2 N–H and O–H groups in total. The summed E-state index contributed by atoms with van der Waals surface area (Å²) in [6.07, 6.45) is 2.33. The van der Waals surface area contributed by atoms with Crippen molar-refractivity contribution in [3.8, 4) is 0 Å². The number of pyridine rings is 1. The van der Waals surface area contributed by atoms with Gasteiger partial charge in [0.15, 0.2) is 0 Å². The smallest absolute Gasteiger partial charge is 0.247 e. The standard InChI is InChI=1S/C13H21N3O3S/c1-3-14-13-12(5-4-7-15-13)20(18,19)16-8-6-10(2)11(16)9-17/h4-5,7,10-11,17H,3,6,8-9H2,1-2H3,(H,14,15). The van der Waals surface area contributed by atoms with Gasteiger partial charge < -0.3 is 10.4 Å². The molecular weight excluding hydrogens is 278 g/mol. The molecule has 6 nitrogen and oxygen atoms in total. The zero-order valence-corrected chi connectivity index (χ0v) is 12.6. The SMILES string of the molecule is CCNc1ncccc1S(=O)(=O)N1CCC(C)C1CO. The molecule has 2 rings (SSSR count). The lowest BCUT2D eigenvalue weighted by molar-refractivity contribution is 0.191. The molecule has 2 heterocycles. The maximum atomic E-state index is 12.8. The van der Waals surface area contributed by atoms with Gasteiger partial charge in [-0.3, -0.25) is 0 Å². The van der Waals surface area contributed by atoms with Crippen molar-refractivity contribution in [2.75, 3.05) is 25.0 Å². The fourth-order valence-corrected chi connectivity index (χ4v) is 4.42. The molecule has 2 atom stereocenters. The summed E-state index contributed by atoms with van der Waals surface area (Å²) in [7, 11) is -3.64. The normalized spacial score (nSPS) is 23.9. The largest absolute Gasteiger partial charge is 0.395 e. The first-order valence-corrected chi connectivity index (χ1v) is 8.28. The summed E-state index contributed by atoms with van der Waals surface area (Å²) in [6, 6.07) is 2.81. The van der Waals surface area contributed by atoms with Crippen molar-refractivity contribution in [3.05, 3.63) is 18.3 Å². The highest BCUT2D eigenvalue weighted by Crippen LogP contribution is 2.31. The van der Waals surface area contributed by atoms with Crippen LogP contribution in [0.2, 0.25) is 0 Å². The molecule has 1 aromatic heterocycles. The highest BCUT2D eigenvalue weighted by atomic mass is 32.2. The van der Waals surface area contributed by atoms with Crippen LogP contribution >= 0.6 is 0 Å². The number of aromatic nitrogens is 1. The molecule has 0 spiro atoms. The maximum absolute atomic E-state index is 12.8. The zero-order valence-electron chi connectivity index (χ0n) is 11.8. The average molecular weight is 299 g/mol. The first-order chi connectivity index (χ1) is 9.52. The molecule has 0 bridgehead atoms. The number of rotatable bonds is 5. The van der Waals surface area contributed by atoms with Gasteiger partial charge in [0.1, 0.15) is 10.7 Å². The van der Waals surface area contributed by atoms with E-state index in [-0.39, 0.29) is 23.5 Å². The van der Waals surface area contributed by atoms with E-state index in [1.807, 2.05) is 13.8 Å². The lowest BCUT2D eigenvalue weighted by Gasteiger charge is -2.25. The quantitative estimate of drug-likeness (QED) is 0.844. The topological polar surface area (TPSA) is 82.5 Å². The van der Waals surface area contributed by atoms with Crippen LogP contribution in [0.1, 0.15) is 20.3 Å². The van der Waals surface area contributed by atoms with Crippen LogP contribution in [0.15, 0.2) is 23.2 Å². The predicted molar refractivity (Wildman–Crippen MR) is 76.9 cm³/mol. The van der Waals surface area contributed by atoms with Crippen LogP contribution in [0, 0.1) is 5.92 Å². The number of nitrogens with one attached hydrogen (secondary N) is 1. The second-order valence-electron chi connectivity index (χ2n) is 5.01. The number of aliphatic hydroxyl groups excluding tert-OH is 1. The van der Waals surface area contributed by atoms with Gasteiger partial charge in [-0.15, -0.1) is 0 Å². The Bertz CT molecular complexity index is 562. The summed E-state index contributed by atoms with van der Waals surface area (Å²) in [5, 5.41) is 12.4. The lowest BCUT2D eigenvalue weighted by atomic mass is 10.0. The third-order valence-corrected chi connectivity index (χ3v) is 5.68. The van der Waals surface area contributed by atoms with Crippen LogP contribution in [0.3, 0.4) is 0 Å². The number of sulfonamides is 1. The van der Waals surface area contributed by atoms with Crippen molar-refractivity contribution in [1.29, 1.82) is 0 Å². The number of aliphatic hydroxyl groups is 1. The Hall–Kier alpha value is -1.18. The third-order valence-electron chi connectivity index (χ3n) is 3.72. The van der Waals surface area contributed by atoms with Crippen molar-refractivity contribution in [1.82, 2.24) is 9.29 Å². The van der Waals surface area contributed by atoms with Crippen LogP contribution in [0.25, 0.3) is 0 Å². The Morgan fingerprint density at radius 3 is 2.95 bits per heavy atom. The third kappa shape index (κ3) is 2.65. The van der Waals surface area contributed by atoms with Crippen LogP contribution in [0.4, 0.5) is 5.82 Å². The Labute approximate surface area is 119 Å². The summed E-state index contributed by atoms with van der Waals surface area (Å²) in [5.41, 5.74) is 0. The molecule has 1 aliphatic heterocycles.